The van der Waals surface area contributed by atoms with Gasteiger partial charge in [0.05, 0.1) is 5.41 Å². The zero-order chi connectivity index (χ0) is 17.9. The highest BCUT2D eigenvalue weighted by Gasteiger charge is 2.61. The number of hydrogen-bond acceptors (Lipinski definition) is 3. The molecule has 0 saturated heterocycles. The summed E-state index contributed by atoms with van der Waals surface area (Å²) in [7, 11) is 0. The van der Waals surface area contributed by atoms with Gasteiger partial charge in [-0.1, -0.05) is 19.8 Å². The van der Waals surface area contributed by atoms with E-state index in [0.717, 1.165) is 19.8 Å². The van der Waals surface area contributed by atoms with E-state index in [1.807, 2.05) is 6.92 Å². The van der Waals surface area contributed by atoms with E-state index in [9.17, 15) is 18.0 Å². The van der Waals surface area contributed by atoms with Crippen LogP contribution in [0.1, 0.15) is 66.7 Å². The van der Waals surface area contributed by atoms with Crippen LogP contribution in [-0.4, -0.2) is 30.5 Å². The summed E-state index contributed by atoms with van der Waals surface area (Å²) in [6.07, 6.45) is -2.44. The number of rotatable bonds is 7. The zero-order valence-electron chi connectivity index (χ0n) is 14.8. The second-order valence-corrected chi connectivity index (χ2v) is 7.15. The predicted molar refractivity (Wildman–Crippen MR) is 82.0 cm³/mol. The van der Waals surface area contributed by atoms with Crippen LogP contribution in [0, 0.1) is 11.3 Å². The highest BCUT2D eigenvalue weighted by molar-refractivity contribution is 5.76. The first-order valence-electron chi connectivity index (χ1n) is 8.41. The lowest BCUT2D eigenvalue weighted by Gasteiger charge is -2.42. The number of carbonyl (C=O) groups excluding carboxylic acids is 1. The molecule has 1 rings (SSSR count). The van der Waals surface area contributed by atoms with Gasteiger partial charge in [0, 0.05) is 6.61 Å². The summed E-state index contributed by atoms with van der Waals surface area (Å²) in [5.74, 6) is -0.906. The minimum atomic E-state index is -4.60. The summed E-state index contributed by atoms with van der Waals surface area (Å²) in [6.45, 7) is 7.63. The van der Waals surface area contributed by atoms with Crippen molar-refractivity contribution in [1.82, 2.24) is 0 Å². The number of esters is 1. The van der Waals surface area contributed by atoms with Crippen LogP contribution in [-0.2, 0) is 14.3 Å². The second-order valence-electron chi connectivity index (χ2n) is 7.15. The van der Waals surface area contributed by atoms with Crippen LogP contribution in [0.3, 0.4) is 0 Å². The fourth-order valence-corrected chi connectivity index (χ4v) is 2.96. The molecule has 0 aliphatic heterocycles. The molecule has 1 fully saturated rings. The number of hydrogen-bond donors (Lipinski definition) is 0. The van der Waals surface area contributed by atoms with E-state index in [-0.39, 0.29) is 12.5 Å². The van der Waals surface area contributed by atoms with E-state index in [4.69, 9.17) is 9.47 Å². The van der Waals surface area contributed by atoms with Gasteiger partial charge in [0.25, 0.3) is 0 Å². The highest BCUT2D eigenvalue weighted by Crippen LogP contribution is 2.45. The van der Waals surface area contributed by atoms with Crippen molar-refractivity contribution in [3.05, 3.63) is 0 Å². The third-order valence-electron chi connectivity index (χ3n) is 5.05. The van der Waals surface area contributed by atoms with Crippen molar-refractivity contribution in [3.63, 3.8) is 0 Å². The Labute approximate surface area is 136 Å². The molecule has 1 saturated carbocycles. The molecule has 0 heterocycles. The molecule has 0 amide bonds. The maximum Gasteiger partial charge on any atom is 0.420 e. The average molecular weight is 338 g/mol. The number of carbonyl (C=O) groups is 1. The van der Waals surface area contributed by atoms with Crippen LogP contribution in [0.2, 0.25) is 0 Å². The van der Waals surface area contributed by atoms with E-state index in [0.29, 0.717) is 19.3 Å². The second kappa shape index (κ2) is 7.41. The molecule has 0 aromatic heterocycles. The van der Waals surface area contributed by atoms with Gasteiger partial charge < -0.3 is 9.47 Å². The lowest BCUT2D eigenvalue weighted by atomic mass is 9.85. The minimum absolute atomic E-state index is 0.0893. The lowest BCUT2D eigenvalue weighted by molar-refractivity contribution is -0.308. The molecule has 1 aliphatic rings. The van der Waals surface area contributed by atoms with Gasteiger partial charge in [0.1, 0.15) is 6.10 Å². The van der Waals surface area contributed by atoms with Crippen LogP contribution >= 0.6 is 0 Å². The fraction of sp³-hybridized carbons (Fsp3) is 0.941. The molecule has 2 atom stereocenters. The Morgan fingerprint density at radius 1 is 1.13 bits per heavy atom. The molecule has 0 bridgehead atoms. The first-order valence-corrected chi connectivity index (χ1v) is 8.41. The van der Waals surface area contributed by atoms with Crippen molar-refractivity contribution < 1.29 is 27.4 Å². The summed E-state index contributed by atoms with van der Waals surface area (Å²) >= 11 is 0. The van der Waals surface area contributed by atoms with E-state index < -0.39 is 29.3 Å². The molecule has 0 spiro atoms. The van der Waals surface area contributed by atoms with Crippen molar-refractivity contribution in [3.8, 4) is 0 Å². The quantitative estimate of drug-likeness (QED) is 0.621. The Balaban J connectivity index is 3.15. The fourth-order valence-electron chi connectivity index (χ4n) is 2.96. The maximum absolute atomic E-state index is 13.7. The molecule has 0 aromatic carbocycles. The third-order valence-corrected chi connectivity index (χ3v) is 5.05. The van der Waals surface area contributed by atoms with Crippen LogP contribution < -0.4 is 0 Å². The van der Waals surface area contributed by atoms with Crippen molar-refractivity contribution in [2.24, 2.45) is 11.3 Å². The van der Waals surface area contributed by atoms with E-state index in [1.165, 1.54) is 6.92 Å². The average Bonchev–Trinajstić information content (AvgIpc) is 2.97. The van der Waals surface area contributed by atoms with Crippen LogP contribution in [0.4, 0.5) is 13.2 Å². The lowest BCUT2D eigenvalue weighted by Crippen LogP contribution is -2.58. The SMILES string of the molecule is CCOC(C)(C(OC(=O)C(C)(C)CC)C1CCCC1)C(F)(F)F. The maximum atomic E-state index is 13.7. The molecule has 136 valence electrons. The molecule has 0 aromatic rings. The van der Waals surface area contributed by atoms with Gasteiger partial charge in [-0.2, -0.15) is 13.2 Å². The van der Waals surface area contributed by atoms with Crippen molar-refractivity contribution in [2.75, 3.05) is 6.61 Å². The Hall–Kier alpha value is -0.780. The van der Waals surface area contributed by atoms with E-state index in [2.05, 4.69) is 0 Å². The predicted octanol–water partition coefficient (Wildman–Crippen LogP) is 4.88. The Bertz CT molecular complexity index is 400. The van der Waals surface area contributed by atoms with Crippen LogP contribution in [0.5, 0.6) is 0 Å². The molecule has 6 heteroatoms. The van der Waals surface area contributed by atoms with Gasteiger partial charge in [-0.05, 0) is 52.9 Å². The van der Waals surface area contributed by atoms with Crippen LogP contribution in [0.15, 0.2) is 0 Å². The number of alkyl halides is 3. The summed E-state index contributed by atoms with van der Waals surface area (Å²) in [6, 6.07) is 0. The molecule has 0 N–H and O–H groups in total. The molecule has 1 aliphatic carbocycles. The Morgan fingerprint density at radius 3 is 2.04 bits per heavy atom. The van der Waals surface area contributed by atoms with Gasteiger partial charge in [-0.3, -0.25) is 4.79 Å². The smallest absolute Gasteiger partial charge is 0.420 e. The zero-order valence-corrected chi connectivity index (χ0v) is 14.8. The van der Waals surface area contributed by atoms with E-state index in [1.54, 1.807) is 13.8 Å². The highest BCUT2D eigenvalue weighted by atomic mass is 19.4. The Kier molecular flexibility index (Phi) is 6.53. The standard InChI is InChI=1S/C17H29F3O3/c1-6-15(3,4)14(21)23-13(12-10-8-9-11-12)16(5,22-7-2)17(18,19)20/h12-13H,6-11H2,1-5H3. The largest absolute Gasteiger partial charge is 0.458 e. The normalized spacial score (nSPS) is 21.0. The summed E-state index contributed by atoms with van der Waals surface area (Å²) in [5, 5.41) is 0. The monoisotopic (exact) mass is 338 g/mol. The first-order chi connectivity index (χ1) is 10.5. The minimum Gasteiger partial charge on any atom is -0.458 e. The Morgan fingerprint density at radius 2 is 1.65 bits per heavy atom. The van der Waals surface area contributed by atoms with Gasteiger partial charge in [-0.25, -0.2) is 0 Å². The molecular weight excluding hydrogens is 309 g/mol. The van der Waals surface area contributed by atoms with Crippen LogP contribution in [0.25, 0.3) is 0 Å². The van der Waals surface area contributed by atoms with E-state index >= 15 is 0 Å². The van der Waals surface area contributed by atoms with Crippen molar-refractivity contribution >= 4 is 5.97 Å². The molecule has 23 heavy (non-hydrogen) atoms. The summed E-state index contributed by atoms with van der Waals surface area (Å²) in [5.41, 5.74) is -3.29. The number of ether oxygens (including phenoxy) is 2. The first kappa shape index (κ1) is 20.3. The summed E-state index contributed by atoms with van der Waals surface area (Å²) in [4.78, 5) is 12.4. The van der Waals surface area contributed by atoms with Crippen molar-refractivity contribution in [2.45, 2.75) is 84.6 Å². The van der Waals surface area contributed by atoms with Crippen molar-refractivity contribution in [1.29, 1.82) is 0 Å². The van der Waals surface area contributed by atoms with Gasteiger partial charge in [0.2, 0.25) is 0 Å². The van der Waals surface area contributed by atoms with Gasteiger partial charge in [0.15, 0.2) is 5.60 Å². The summed E-state index contributed by atoms with van der Waals surface area (Å²) < 4.78 is 51.7. The number of halogens is 3. The molecule has 0 radical (unpaired) electrons. The topological polar surface area (TPSA) is 35.5 Å². The van der Waals surface area contributed by atoms with Gasteiger partial charge in [-0.15, -0.1) is 0 Å². The molecule has 2 unspecified atom stereocenters. The third kappa shape index (κ3) is 4.40. The molecular formula is C17H29F3O3. The molecule has 3 nitrogen and oxygen atoms in total. The van der Waals surface area contributed by atoms with Gasteiger partial charge >= 0.3 is 12.1 Å².